The molecule has 11 heteroatoms. The molecule has 2 heterocycles. The van der Waals surface area contributed by atoms with E-state index in [1.54, 1.807) is 6.92 Å². The molecule has 160 valence electrons. The topological polar surface area (TPSA) is 81.6 Å². The van der Waals surface area contributed by atoms with Crippen molar-refractivity contribution in [1.82, 2.24) is 29.8 Å². The minimum atomic E-state index is -1.90. The number of rotatable bonds is 6. The van der Waals surface area contributed by atoms with Crippen molar-refractivity contribution >= 4 is 11.6 Å². The van der Waals surface area contributed by atoms with E-state index >= 15 is 0 Å². The van der Waals surface area contributed by atoms with Gasteiger partial charge in [-0.3, -0.25) is 0 Å². The maximum atomic E-state index is 14.7. The fourth-order valence-electron chi connectivity index (χ4n) is 3.36. The molecule has 0 bridgehead atoms. The van der Waals surface area contributed by atoms with E-state index < -0.39 is 29.0 Å². The van der Waals surface area contributed by atoms with Crippen molar-refractivity contribution in [3.63, 3.8) is 0 Å². The summed E-state index contributed by atoms with van der Waals surface area (Å²) in [6.45, 7) is 1.41. The zero-order valence-electron chi connectivity index (χ0n) is 16.1. The van der Waals surface area contributed by atoms with Gasteiger partial charge in [0.25, 0.3) is 0 Å². The summed E-state index contributed by atoms with van der Waals surface area (Å²) in [5.74, 6) is -3.16. The van der Waals surface area contributed by atoms with Crippen LogP contribution in [0.25, 0.3) is 5.69 Å². The average molecular weight is 449 g/mol. The van der Waals surface area contributed by atoms with E-state index in [0.717, 1.165) is 12.1 Å². The van der Waals surface area contributed by atoms with Gasteiger partial charge in [0.15, 0.2) is 0 Å². The summed E-state index contributed by atoms with van der Waals surface area (Å²) < 4.78 is 44.9. The lowest BCUT2D eigenvalue weighted by atomic mass is 9.80. The van der Waals surface area contributed by atoms with Crippen molar-refractivity contribution in [2.24, 2.45) is 0 Å². The Morgan fingerprint density at radius 2 is 1.94 bits per heavy atom. The smallest absolute Gasteiger partial charge is 0.150 e. The molecule has 0 saturated carbocycles. The minimum Gasteiger partial charge on any atom is -0.382 e. The highest BCUT2D eigenvalue weighted by Gasteiger charge is 2.41. The molecule has 1 N–H and O–H groups in total. The van der Waals surface area contributed by atoms with Crippen molar-refractivity contribution in [3.05, 3.63) is 89.0 Å². The lowest BCUT2D eigenvalue weighted by Gasteiger charge is -2.33. The Morgan fingerprint density at radius 3 is 2.61 bits per heavy atom. The Hall–Kier alpha value is -3.24. The van der Waals surface area contributed by atoms with Crippen molar-refractivity contribution in [2.75, 3.05) is 0 Å². The fourth-order valence-corrected chi connectivity index (χ4v) is 3.52. The number of hydrogen-bond donors (Lipinski definition) is 1. The lowest BCUT2D eigenvalue weighted by Crippen LogP contribution is -2.38. The van der Waals surface area contributed by atoms with Crippen LogP contribution in [-0.4, -0.2) is 34.9 Å². The van der Waals surface area contributed by atoms with Crippen LogP contribution in [-0.2, 0) is 12.1 Å². The summed E-state index contributed by atoms with van der Waals surface area (Å²) in [7, 11) is 0. The normalized spacial score (nSPS) is 14.4. The summed E-state index contributed by atoms with van der Waals surface area (Å²) in [5, 5.41) is 23.8. The number of hydrogen-bond acceptors (Lipinski definition) is 5. The largest absolute Gasteiger partial charge is 0.382 e. The van der Waals surface area contributed by atoms with Crippen LogP contribution in [0.2, 0.25) is 5.02 Å². The molecule has 0 fully saturated rings. The van der Waals surface area contributed by atoms with Crippen molar-refractivity contribution in [2.45, 2.75) is 25.0 Å². The van der Waals surface area contributed by atoms with E-state index in [2.05, 4.69) is 20.4 Å². The molecule has 2 atom stereocenters. The van der Waals surface area contributed by atoms with E-state index in [9.17, 15) is 18.3 Å². The van der Waals surface area contributed by atoms with Gasteiger partial charge in [-0.15, -0.1) is 5.10 Å². The van der Waals surface area contributed by atoms with Gasteiger partial charge in [0, 0.05) is 22.6 Å². The Morgan fingerprint density at radius 1 is 1.13 bits per heavy atom. The van der Waals surface area contributed by atoms with Gasteiger partial charge in [-0.05, 0) is 24.3 Å². The summed E-state index contributed by atoms with van der Waals surface area (Å²) >= 11 is 5.79. The molecule has 0 unspecified atom stereocenters. The van der Waals surface area contributed by atoms with Crippen LogP contribution < -0.4 is 0 Å². The first kappa shape index (κ1) is 21.0. The third-order valence-corrected chi connectivity index (χ3v) is 5.33. The van der Waals surface area contributed by atoms with Gasteiger partial charge in [0.1, 0.15) is 41.4 Å². The number of benzene rings is 2. The Balaban J connectivity index is 1.76. The first-order valence-electron chi connectivity index (χ1n) is 9.16. The molecule has 4 rings (SSSR count). The second-order valence-corrected chi connectivity index (χ2v) is 7.48. The minimum absolute atomic E-state index is 0.100. The Kier molecular flexibility index (Phi) is 5.50. The maximum absolute atomic E-state index is 14.7. The third-order valence-electron chi connectivity index (χ3n) is 5.09. The van der Waals surface area contributed by atoms with E-state index in [1.807, 2.05) is 0 Å². The summed E-state index contributed by atoms with van der Waals surface area (Å²) in [4.78, 5) is 3.83. The molecule has 4 aromatic rings. The van der Waals surface area contributed by atoms with Crippen LogP contribution in [0.15, 0.2) is 55.2 Å². The van der Waals surface area contributed by atoms with Crippen LogP contribution in [0.5, 0.6) is 0 Å². The zero-order valence-corrected chi connectivity index (χ0v) is 16.9. The number of halogens is 4. The fraction of sp³-hybridized carbons (Fsp3) is 0.200. The number of aliphatic hydroxyl groups is 1. The van der Waals surface area contributed by atoms with Crippen molar-refractivity contribution in [3.8, 4) is 5.69 Å². The summed E-state index contributed by atoms with van der Waals surface area (Å²) in [5.41, 5.74) is -1.70. The maximum Gasteiger partial charge on any atom is 0.150 e. The summed E-state index contributed by atoms with van der Waals surface area (Å²) in [6.07, 6.45) is 4.05. The molecule has 31 heavy (non-hydrogen) atoms. The Bertz CT molecular complexity index is 1220. The molecule has 2 aromatic heterocycles. The van der Waals surface area contributed by atoms with E-state index in [1.165, 1.54) is 46.4 Å². The molecule has 0 saturated heterocycles. The van der Waals surface area contributed by atoms with Gasteiger partial charge < -0.3 is 5.11 Å². The van der Waals surface area contributed by atoms with Gasteiger partial charge >= 0.3 is 0 Å². The highest BCUT2D eigenvalue weighted by Crippen LogP contribution is 2.39. The third kappa shape index (κ3) is 4.04. The van der Waals surface area contributed by atoms with Gasteiger partial charge in [0.2, 0.25) is 0 Å². The average Bonchev–Trinajstić information content (AvgIpc) is 3.39. The standard InChI is InChI=1S/C20H16ClF3N6O/c1-12(18-8-30(28-27-18)19-5-2-13(21)6-17(19)24)20(31,9-29-11-25-10-26-29)15-4-3-14(22)7-16(15)23/h2-8,10-12,31H,9H2,1H3/t12-,20+/m0/s1. The van der Waals surface area contributed by atoms with E-state index in [4.69, 9.17) is 11.6 Å². The molecule has 0 aliphatic heterocycles. The second kappa shape index (κ2) is 8.12. The highest BCUT2D eigenvalue weighted by atomic mass is 35.5. The predicted octanol–water partition coefficient (Wildman–Crippen LogP) is 3.62. The number of aromatic nitrogens is 6. The molecular weight excluding hydrogens is 433 g/mol. The van der Waals surface area contributed by atoms with Crippen LogP contribution in [0.1, 0.15) is 24.1 Å². The summed E-state index contributed by atoms with van der Waals surface area (Å²) in [6, 6.07) is 6.98. The quantitative estimate of drug-likeness (QED) is 0.487. The molecule has 0 radical (unpaired) electrons. The van der Waals surface area contributed by atoms with Gasteiger partial charge in [-0.2, -0.15) is 5.10 Å². The highest BCUT2D eigenvalue weighted by molar-refractivity contribution is 6.30. The van der Waals surface area contributed by atoms with Gasteiger partial charge in [-0.1, -0.05) is 29.8 Å². The molecule has 0 spiro atoms. The first-order valence-corrected chi connectivity index (χ1v) is 9.53. The van der Waals surface area contributed by atoms with Gasteiger partial charge in [-0.25, -0.2) is 27.5 Å². The predicted molar refractivity (Wildman–Crippen MR) is 105 cm³/mol. The number of nitrogens with zero attached hydrogens (tertiary/aromatic N) is 6. The van der Waals surface area contributed by atoms with Crippen molar-refractivity contribution < 1.29 is 18.3 Å². The lowest BCUT2D eigenvalue weighted by molar-refractivity contribution is -0.0123. The molecule has 7 nitrogen and oxygen atoms in total. The van der Waals surface area contributed by atoms with Crippen LogP contribution in [0.3, 0.4) is 0 Å². The van der Waals surface area contributed by atoms with E-state index in [0.29, 0.717) is 6.07 Å². The van der Waals surface area contributed by atoms with Crippen LogP contribution in [0.4, 0.5) is 13.2 Å². The monoisotopic (exact) mass is 448 g/mol. The SMILES string of the molecule is C[C@@H](c1cn(-c2ccc(Cl)cc2F)nn1)[C@](O)(Cn1cncn1)c1ccc(F)cc1F. The molecular formula is C20H16ClF3N6O. The molecule has 0 amide bonds. The van der Waals surface area contributed by atoms with E-state index in [-0.39, 0.29) is 28.5 Å². The second-order valence-electron chi connectivity index (χ2n) is 7.05. The molecule has 0 aliphatic rings. The van der Waals surface area contributed by atoms with Crippen molar-refractivity contribution in [1.29, 1.82) is 0 Å². The van der Waals surface area contributed by atoms with Crippen LogP contribution in [0, 0.1) is 17.5 Å². The zero-order chi connectivity index (χ0) is 22.2. The van der Waals surface area contributed by atoms with Gasteiger partial charge in [0.05, 0.1) is 18.4 Å². The Labute approximate surface area is 179 Å². The molecule has 0 aliphatic carbocycles. The molecule has 2 aromatic carbocycles. The first-order chi connectivity index (χ1) is 14.8. The van der Waals surface area contributed by atoms with Crippen LogP contribution >= 0.6 is 11.6 Å².